The molecule has 1 aliphatic rings. The Morgan fingerprint density at radius 1 is 0.333 bits per heavy atom. The van der Waals surface area contributed by atoms with Gasteiger partial charge < -0.3 is 0 Å². The lowest BCUT2D eigenvalue weighted by molar-refractivity contribution is 1.23. The van der Waals surface area contributed by atoms with Crippen LogP contribution in [0.4, 0.5) is 0 Å². The highest BCUT2D eigenvalue weighted by atomic mass is 13.8. The predicted molar refractivity (Wildman–Crippen MR) is 55.0 cm³/mol. The van der Waals surface area contributed by atoms with Crippen LogP contribution in [0, 0.1) is 0 Å². The lowest BCUT2D eigenvalue weighted by Gasteiger charge is -1.87. The van der Waals surface area contributed by atoms with E-state index in [0.717, 1.165) is 25.7 Å². The van der Waals surface area contributed by atoms with E-state index in [1.165, 1.54) is 0 Å². The van der Waals surface area contributed by atoms with Crippen molar-refractivity contribution in [2.45, 2.75) is 25.7 Å². The molecule has 0 heterocycles. The molecular weight excluding hydrogens is 144 g/mol. The van der Waals surface area contributed by atoms with Gasteiger partial charge in [-0.15, -0.1) is 0 Å². The third-order valence-electron chi connectivity index (χ3n) is 1.76. The second-order valence-electron chi connectivity index (χ2n) is 2.83. The lowest BCUT2D eigenvalue weighted by atomic mass is 10.2. The Hall–Kier alpha value is -1.04. The van der Waals surface area contributed by atoms with Crippen LogP contribution in [0.3, 0.4) is 0 Å². The van der Waals surface area contributed by atoms with E-state index in [4.69, 9.17) is 0 Å². The molecule has 0 atom stereocenters. The largest absolute Gasteiger partial charge is 0.0844 e. The van der Waals surface area contributed by atoms with Gasteiger partial charge in [-0.3, -0.25) is 0 Å². The summed E-state index contributed by atoms with van der Waals surface area (Å²) in [6.07, 6.45) is 22.0. The maximum atomic E-state index is 2.21. The van der Waals surface area contributed by atoms with Gasteiger partial charge in [0.05, 0.1) is 0 Å². The lowest BCUT2D eigenvalue weighted by Crippen LogP contribution is -1.66. The summed E-state index contributed by atoms with van der Waals surface area (Å²) in [4.78, 5) is 0. The SMILES string of the molecule is C1=C\C/C=C/C/C=C\C/C=C/C/1. The Bertz CT molecular complexity index is 140. The third kappa shape index (κ3) is 4.73. The number of hydrogen-bond acceptors (Lipinski definition) is 0. The van der Waals surface area contributed by atoms with Crippen LogP contribution in [0.5, 0.6) is 0 Å². The summed E-state index contributed by atoms with van der Waals surface area (Å²) in [5.74, 6) is 0. The van der Waals surface area contributed by atoms with E-state index in [-0.39, 0.29) is 0 Å². The van der Waals surface area contributed by atoms with Gasteiger partial charge in [-0.05, 0) is 25.7 Å². The molecule has 1 aliphatic carbocycles. The maximum Gasteiger partial charge on any atom is -0.0169 e. The summed E-state index contributed by atoms with van der Waals surface area (Å²) < 4.78 is 0. The Morgan fingerprint density at radius 3 is 0.667 bits per heavy atom. The first-order chi connectivity index (χ1) is 6.00. The Morgan fingerprint density at radius 2 is 0.500 bits per heavy atom. The van der Waals surface area contributed by atoms with E-state index in [0.29, 0.717) is 0 Å². The van der Waals surface area contributed by atoms with Crippen LogP contribution < -0.4 is 0 Å². The monoisotopic (exact) mass is 160 g/mol. The summed E-state index contributed by atoms with van der Waals surface area (Å²) in [7, 11) is 0. The fraction of sp³-hybridized carbons (Fsp3) is 0.333. The molecule has 0 radical (unpaired) electrons. The summed E-state index contributed by atoms with van der Waals surface area (Å²) in [5.41, 5.74) is 0. The minimum Gasteiger partial charge on any atom is -0.0844 e. The highest BCUT2D eigenvalue weighted by Gasteiger charge is 1.76. The predicted octanol–water partition coefficient (Wildman–Crippen LogP) is 3.79. The zero-order chi connectivity index (χ0) is 8.49. The molecule has 0 heteroatoms. The van der Waals surface area contributed by atoms with Crippen molar-refractivity contribution in [2.24, 2.45) is 0 Å². The van der Waals surface area contributed by atoms with Crippen LogP contribution in [0.1, 0.15) is 25.7 Å². The highest BCUT2D eigenvalue weighted by Crippen LogP contribution is 1.97. The normalized spacial score (nSPS) is 29.3. The quantitative estimate of drug-likeness (QED) is 0.473. The fourth-order valence-electron chi connectivity index (χ4n) is 1.08. The summed E-state index contributed by atoms with van der Waals surface area (Å²) in [5, 5.41) is 0. The molecule has 0 amide bonds. The molecule has 0 aromatic carbocycles. The summed E-state index contributed by atoms with van der Waals surface area (Å²) in [6.45, 7) is 0. The minimum absolute atomic E-state index is 1.07. The van der Waals surface area contributed by atoms with Crippen molar-refractivity contribution in [3.63, 3.8) is 0 Å². The molecule has 1 rings (SSSR count). The van der Waals surface area contributed by atoms with E-state index >= 15 is 0 Å². The van der Waals surface area contributed by atoms with E-state index in [2.05, 4.69) is 48.6 Å². The minimum atomic E-state index is 1.07. The maximum absolute atomic E-state index is 2.21. The molecular formula is C12H16. The van der Waals surface area contributed by atoms with Crippen molar-refractivity contribution in [3.8, 4) is 0 Å². The van der Waals surface area contributed by atoms with Gasteiger partial charge in [-0.2, -0.15) is 0 Å². The van der Waals surface area contributed by atoms with Gasteiger partial charge in [0, 0.05) is 0 Å². The van der Waals surface area contributed by atoms with Crippen LogP contribution >= 0.6 is 0 Å². The molecule has 0 saturated carbocycles. The third-order valence-corrected chi connectivity index (χ3v) is 1.76. The molecule has 0 N–H and O–H groups in total. The van der Waals surface area contributed by atoms with Crippen molar-refractivity contribution in [2.75, 3.05) is 0 Å². The van der Waals surface area contributed by atoms with E-state index in [1.807, 2.05) is 0 Å². The fourth-order valence-corrected chi connectivity index (χ4v) is 1.08. The standard InChI is InChI=1S/C12H16/c1-2-4-6-8-10-12-11-9-7-5-3-1/h1-2,5-8,11-12H,3-4,9-10H2/b2-1-,7-5+,8-6+,12-11-. The van der Waals surface area contributed by atoms with E-state index in [1.54, 1.807) is 0 Å². The highest BCUT2D eigenvalue weighted by molar-refractivity contribution is 5.02. The van der Waals surface area contributed by atoms with Crippen molar-refractivity contribution >= 4 is 0 Å². The number of allylic oxidation sites excluding steroid dienone is 8. The van der Waals surface area contributed by atoms with Crippen molar-refractivity contribution in [1.29, 1.82) is 0 Å². The zero-order valence-electron chi connectivity index (χ0n) is 7.45. The second kappa shape index (κ2) is 6.66. The summed E-state index contributed by atoms with van der Waals surface area (Å²) in [6, 6.07) is 0. The molecule has 0 spiro atoms. The van der Waals surface area contributed by atoms with Gasteiger partial charge in [0.2, 0.25) is 0 Å². The average Bonchev–Trinajstić information content (AvgIpc) is 2.05. The van der Waals surface area contributed by atoms with Crippen LogP contribution in [0.2, 0.25) is 0 Å². The second-order valence-corrected chi connectivity index (χ2v) is 2.83. The topological polar surface area (TPSA) is 0 Å². The van der Waals surface area contributed by atoms with Gasteiger partial charge >= 0.3 is 0 Å². The zero-order valence-corrected chi connectivity index (χ0v) is 7.45. The molecule has 64 valence electrons. The van der Waals surface area contributed by atoms with Gasteiger partial charge in [-0.1, -0.05) is 48.6 Å². The number of hydrogen-bond donors (Lipinski definition) is 0. The molecule has 0 fully saturated rings. The van der Waals surface area contributed by atoms with Crippen molar-refractivity contribution in [3.05, 3.63) is 48.6 Å². The molecule has 0 bridgehead atoms. The van der Waals surface area contributed by atoms with Gasteiger partial charge in [0.25, 0.3) is 0 Å². The first-order valence-electron chi connectivity index (χ1n) is 4.60. The molecule has 0 aromatic rings. The van der Waals surface area contributed by atoms with Crippen LogP contribution in [0.15, 0.2) is 48.6 Å². The first-order valence-corrected chi connectivity index (χ1v) is 4.60. The Balaban J connectivity index is 2.40. The van der Waals surface area contributed by atoms with Crippen LogP contribution in [-0.2, 0) is 0 Å². The molecule has 0 aliphatic heterocycles. The van der Waals surface area contributed by atoms with Crippen LogP contribution in [-0.4, -0.2) is 0 Å². The molecule has 0 aromatic heterocycles. The van der Waals surface area contributed by atoms with E-state index in [9.17, 15) is 0 Å². The van der Waals surface area contributed by atoms with Gasteiger partial charge in [0.1, 0.15) is 0 Å². The molecule has 0 saturated heterocycles. The summed E-state index contributed by atoms with van der Waals surface area (Å²) >= 11 is 0. The van der Waals surface area contributed by atoms with Gasteiger partial charge in [-0.25, -0.2) is 0 Å². The van der Waals surface area contributed by atoms with Crippen molar-refractivity contribution in [1.82, 2.24) is 0 Å². The average molecular weight is 160 g/mol. The van der Waals surface area contributed by atoms with Crippen LogP contribution in [0.25, 0.3) is 0 Å². The Labute approximate surface area is 75.0 Å². The van der Waals surface area contributed by atoms with Crippen molar-refractivity contribution < 1.29 is 0 Å². The smallest absolute Gasteiger partial charge is 0.0169 e. The molecule has 12 heavy (non-hydrogen) atoms. The molecule has 0 unspecified atom stereocenters. The molecule has 0 nitrogen and oxygen atoms in total. The first kappa shape index (κ1) is 9.05. The Kier molecular flexibility index (Phi) is 5.02. The van der Waals surface area contributed by atoms with Gasteiger partial charge in [0.15, 0.2) is 0 Å². The number of rotatable bonds is 0. The van der Waals surface area contributed by atoms with E-state index < -0.39 is 0 Å².